The van der Waals surface area contributed by atoms with E-state index in [1.807, 2.05) is 38.1 Å². The van der Waals surface area contributed by atoms with Crippen LogP contribution in [-0.2, 0) is 0 Å². The van der Waals surface area contributed by atoms with Crippen LogP contribution in [0.25, 0.3) is 0 Å². The van der Waals surface area contributed by atoms with Crippen LogP contribution < -0.4 is 113 Å². The normalized spacial score (nSPS) is 7.57. The Kier molecular flexibility index (Phi) is 14.7. The summed E-state index contributed by atoms with van der Waals surface area (Å²) >= 11 is 0. The second-order valence-electron chi connectivity index (χ2n) is 2.56. The average molecular weight is 238 g/mol. The van der Waals surface area contributed by atoms with Gasteiger partial charge in [-0.15, -0.1) is 0 Å². The maximum Gasteiger partial charge on any atom is 1.00 e. The van der Waals surface area contributed by atoms with Crippen LogP contribution in [0.15, 0.2) is 36.7 Å². The van der Waals surface area contributed by atoms with Crippen LogP contribution in [0.2, 0.25) is 0 Å². The van der Waals surface area contributed by atoms with E-state index in [1.54, 1.807) is 12.4 Å². The first kappa shape index (κ1) is 18.2. The third-order valence-electron chi connectivity index (χ3n) is 1.37. The van der Waals surface area contributed by atoms with E-state index in [9.17, 15) is 0 Å². The standard InChI is InChI=1S/C6H8N.C4H4N.2K/c1-5-3-4-6(2)7-5;1-2-4-5-3-1;;/h3-4H,1-2H3;1-4H;;/q2*-1;2*+1. The molecule has 0 aromatic carbocycles. The maximum atomic E-state index is 4.11. The van der Waals surface area contributed by atoms with Gasteiger partial charge in [0.2, 0.25) is 0 Å². The summed E-state index contributed by atoms with van der Waals surface area (Å²) in [5.41, 5.74) is 2.22. The van der Waals surface area contributed by atoms with E-state index in [0.717, 1.165) is 11.4 Å². The monoisotopic (exact) mass is 238 g/mol. The summed E-state index contributed by atoms with van der Waals surface area (Å²) in [5.74, 6) is 0. The van der Waals surface area contributed by atoms with E-state index in [1.165, 1.54) is 0 Å². The Morgan fingerprint density at radius 3 is 1.43 bits per heavy atom. The van der Waals surface area contributed by atoms with Gasteiger partial charge in [0.25, 0.3) is 0 Å². The van der Waals surface area contributed by atoms with Gasteiger partial charge in [-0.3, -0.25) is 0 Å². The zero-order chi connectivity index (χ0) is 8.81. The molecule has 0 radical (unpaired) electrons. The fourth-order valence-corrected chi connectivity index (χ4v) is 0.842. The summed E-state index contributed by atoms with van der Waals surface area (Å²) in [6.45, 7) is 3.99. The van der Waals surface area contributed by atoms with E-state index in [4.69, 9.17) is 0 Å². The Balaban J connectivity index is 0. The predicted molar refractivity (Wildman–Crippen MR) is 49.0 cm³/mol. The zero-order valence-corrected chi connectivity index (χ0v) is 15.6. The van der Waals surface area contributed by atoms with Crippen molar-refractivity contribution < 1.29 is 103 Å². The van der Waals surface area contributed by atoms with E-state index in [-0.39, 0.29) is 103 Å². The first-order chi connectivity index (χ1) is 5.79. The van der Waals surface area contributed by atoms with Crippen LogP contribution in [-0.4, -0.2) is 0 Å². The smallest absolute Gasteiger partial charge is 0.670 e. The van der Waals surface area contributed by atoms with Gasteiger partial charge in [-0.1, -0.05) is 38.1 Å². The van der Waals surface area contributed by atoms with Crippen LogP contribution in [0.1, 0.15) is 11.4 Å². The van der Waals surface area contributed by atoms with Gasteiger partial charge in [0.15, 0.2) is 0 Å². The molecule has 2 heterocycles. The molecule has 2 rings (SSSR count). The molecule has 0 aliphatic rings. The number of aromatic nitrogens is 2. The minimum atomic E-state index is 0. The topological polar surface area (TPSA) is 28.2 Å². The molecular formula is C10H12K2N2. The van der Waals surface area contributed by atoms with Crippen molar-refractivity contribution in [2.75, 3.05) is 0 Å². The molecule has 0 amide bonds. The third kappa shape index (κ3) is 9.09. The van der Waals surface area contributed by atoms with Gasteiger partial charge in [0, 0.05) is 0 Å². The Hall–Kier alpha value is 1.83. The van der Waals surface area contributed by atoms with Gasteiger partial charge >= 0.3 is 103 Å². The van der Waals surface area contributed by atoms with Gasteiger partial charge < -0.3 is 9.97 Å². The molecule has 0 unspecified atom stereocenters. The predicted octanol–water partition coefficient (Wildman–Crippen LogP) is -4.09. The Labute approximate surface area is 170 Å². The molecule has 4 heteroatoms. The Morgan fingerprint density at radius 2 is 1.29 bits per heavy atom. The van der Waals surface area contributed by atoms with Crippen molar-refractivity contribution in [3.8, 4) is 0 Å². The summed E-state index contributed by atoms with van der Waals surface area (Å²) < 4.78 is 0. The van der Waals surface area contributed by atoms with Gasteiger partial charge in [-0.05, 0) is 0 Å². The Morgan fingerprint density at radius 1 is 0.857 bits per heavy atom. The van der Waals surface area contributed by atoms with Crippen LogP contribution in [0.4, 0.5) is 0 Å². The second kappa shape index (κ2) is 11.3. The number of hydrogen-bond donors (Lipinski definition) is 0. The second-order valence-corrected chi connectivity index (χ2v) is 2.56. The SMILES string of the molecule is Cc1ccc(C)[n-]1.[K+].[K+].c1cc[n-]c1. The van der Waals surface area contributed by atoms with Crippen molar-refractivity contribution in [1.29, 1.82) is 0 Å². The molecule has 0 N–H and O–H groups in total. The summed E-state index contributed by atoms with van der Waals surface area (Å²) in [6.07, 6.45) is 3.50. The quantitative estimate of drug-likeness (QED) is 0.437. The third-order valence-corrected chi connectivity index (χ3v) is 1.37. The zero-order valence-electron chi connectivity index (χ0n) is 9.36. The summed E-state index contributed by atoms with van der Waals surface area (Å²) in [4.78, 5) is 7.83. The number of aryl methyl sites for hydroxylation is 2. The molecular weight excluding hydrogens is 226 g/mol. The molecule has 2 aromatic heterocycles. The molecule has 0 saturated carbocycles. The van der Waals surface area contributed by atoms with E-state index >= 15 is 0 Å². The van der Waals surface area contributed by atoms with Gasteiger partial charge in [-0.25, -0.2) is 0 Å². The van der Waals surface area contributed by atoms with Crippen molar-refractivity contribution in [1.82, 2.24) is 9.97 Å². The molecule has 0 aliphatic carbocycles. The van der Waals surface area contributed by atoms with Crippen molar-refractivity contribution >= 4 is 0 Å². The van der Waals surface area contributed by atoms with Crippen LogP contribution in [0, 0.1) is 13.8 Å². The molecule has 0 fully saturated rings. The molecule has 2 aromatic rings. The number of nitrogens with zero attached hydrogens (tertiary/aromatic N) is 2. The van der Waals surface area contributed by atoms with Crippen LogP contribution in [0.3, 0.4) is 0 Å². The average Bonchev–Trinajstić information content (AvgIpc) is 2.63. The summed E-state index contributed by atoms with van der Waals surface area (Å²) in [5, 5.41) is 0. The van der Waals surface area contributed by atoms with Crippen molar-refractivity contribution in [3.05, 3.63) is 48.0 Å². The molecule has 0 bridgehead atoms. The van der Waals surface area contributed by atoms with Crippen LogP contribution in [0.5, 0.6) is 0 Å². The Bertz CT molecular complexity index is 268. The van der Waals surface area contributed by atoms with Gasteiger partial charge in [0.05, 0.1) is 0 Å². The molecule has 2 nitrogen and oxygen atoms in total. The molecule has 0 saturated heterocycles. The number of rotatable bonds is 0. The molecule has 0 atom stereocenters. The van der Waals surface area contributed by atoms with Crippen molar-refractivity contribution in [2.45, 2.75) is 13.8 Å². The largest absolute Gasteiger partial charge is 1.00 e. The minimum absolute atomic E-state index is 0. The van der Waals surface area contributed by atoms with Crippen molar-refractivity contribution in [3.63, 3.8) is 0 Å². The molecule has 64 valence electrons. The van der Waals surface area contributed by atoms with Crippen LogP contribution >= 0.6 is 0 Å². The fourth-order valence-electron chi connectivity index (χ4n) is 0.842. The summed E-state index contributed by atoms with van der Waals surface area (Å²) in [7, 11) is 0. The van der Waals surface area contributed by atoms with Crippen molar-refractivity contribution in [2.24, 2.45) is 0 Å². The number of hydrogen-bond acceptors (Lipinski definition) is 0. The van der Waals surface area contributed by atoms with Gasteiger partial charge in [0.1, 0.15) is 0 Å². The van der Waals surface area contributed by atoms with E-state index < -0.39 is 0 Å². The summed E-state index contributed by atoms with van der Waals surface area (Å²) in [6, 6.07) is 7.80. The van der Waals surface area contributed by atoms with Gasteiger partial charge in [-0.2, -0.15) is 23.8 Å². The minimum Gasteiger partial charge on any atom is -0.670 e. The fraction of sp³-hybridized carbons (Fsp3) is 0.200. The maximum absolute atomic E-state index is 4.11. The molecule has 0 spiro atoms. The first-order valence-electron chi connectivity index (χ1n) is 3.87. The van der Waals surface area contributed by atoms with E-state index in [0.29, 0.717) is 0 Å². The first-order valence-corrected chi connectivity index (χ1v) is 3.87. The van der Waals surface area contributed by atoms with E-state index in [2.05, 4.69) is 9.97 Å². The molecule has 0 aliphatic heterocycles. The molecule has 14 heavy (non-hydrogen) atoms.